The Morgan fingerprint density at radius 1 is 1.09 bits per heavy atom. The number of amides is 1. The van der Waals surface area contributed by atoms with Gasteiger partial charge in [0.2, 0.25) is 0 Å². The summed E-state index contributed by atoms with van der Waals surface area (Å²) in [6, 6.07) is 11.6. The van der Waals surface area contributed by atoms with Crippen LogP contribution >= 0.6 is 0 Å². The Hall–Kier alpha value is -2.82. The second kappa shape index (κ2) is 6.96. The number of nitrogens with one attached hydrogen (secondary N) is 1. The Labute approximate surface area is 134 Å². The molecule has 0 aliphatic heterocycles. The highest BCUT2D eigenvalue weighted by Crippen LogP contribution is 2.25. The van der Waals surface area contributed by atoms with Crippen molar-refractivity contribution in [3.8, 4) is 5.75 Å². The molecule has 0 aliphatic carbocycles. The van der Waals surface area contributed by atoms with Gasteiger partial charge >= 0.3 is 5.97 Å². The lowest BCUT2D eigenvalue weighted by Gasteiger charge is -2.10. The van der Waals surface area contributed by atoms with Gasteiger partial charge in [0.25, 0.3) is 5.91 Å². The number of carboxylic acid groups (broad SMARTS) is 1. The largest absolute Gasteiger partial charge is 0.506 e. The molecule has 120 valence electrons. The lowest BCUT2D eigenvalue weighted by Crippen LogP contribution is -2.12. The highest BCUT2D eigenvalue weighted by molar-refractivity contribution is 6.05. The van der Waals surface area contributed by atoms with E-state index in [1.165, 1.54) is 18.2 Å². The van der Waals surface area contributed by atoms with Crippen LogP contribution in [0.5, 0.6) is 5.75 Å². The summed E-state index contributed by atoms with van der Waals surface area (Å²) < 4.78 is 0. The molecule has 0 saturated heterocycles. The minimum atomic E-state index is -0.975. The van der Waals surface area contributed by atoms with E-state index in [0.29, 0.717) is 17.0 Å². The highest BCUT2D eigenvalue weighted by atomic mass is 16.4. The first-order valence-corrected chi connectivity index (χ1v) is 7.32. The first-order chi connectivity index (χ1) is 10.9. The van der Waals surface area contributed by atoms with Crippen molar-refractivity contribution in [1.82, 2.24) is 0 Å². The first kappa shape index (κ1) is 16.5. The molecule has 5 nitrogen and oxygen atoms in total. The molecule has 1 amide bonds. The van der Waals surface area contributed by atoms with E-state index < -0.39 is 5.97 Å². The van der Waals surface area contributed by atoms with Gasteiger partial charge in [0.05, 0.1) is 12.1 Å². The predicted molar refractivity (Wildman–Crippen MR) is 87.9 cm³/mol. The van der Waals surface area contributed by atoms with Crippen LogP contribution in [0.4, 0.5) is 5.69 Å². The third-order valence-corrected chi connectivity index (χ3v) is 3.50. The first-order valence-electron chi connectivity index (χ1n) is 7.32. The van der Waals surface area contributed by atoms with Crippen molar-refractivity contribution < 1.29 is 19.8 Å². The van der Waals surface area contributed by atoms with E-state index in [2.05, 4.69) is 19.2 Å². The second-order valence-electron chi connectivity index (χ2n) is 5.65. The predicted octanol–water partition coefficient (Wildman–Crippen LogP) is 3.40. The summed E-state index contributed by atoms with van der Waals surface area (Å²) in [6.07, 6.45) is -0.174. The molecule has 23 heavy (non-hydrogen) atoms. The molecule has 0 fully saturated rings. The molecule has 5 heteroatoms. The Morgan fingerprint density at radius 2 is 1.74 bits per heavy atom. The van der Waals surface area contributed by atoms with Crippen LogP contribution in [0.1, 0.15) is 41.3 Å². The number of rotatable bonds is 5. The van der Waals surface area contributed by atoms with Crippen LogP contribution < -0.4 is 5.32 Å². The Morgan fingerprint density at radius 3 is 2.30 bits per heavy atom. The molecule has 3 N–H and O–H groups in total. The van der Waals surface area contributed by atoms with Crippen LogP contribution in [-0.2, 0) is 11.2 Å². The van der Waals surface area contributed by atoms with Crippen LogP contribution in [0.3, 0.4) is 0 Å². The van der Waals surface area contributed by atoms with Crippen molar-refractivity contribution >= 4 is 17.6 Å². The number of benzene rings is 2. The van der Waals surface area contributed by atoms with Gasteiger partial charge in [-0.3, -0.25) is 9.59 Å². The standard InChI is InChI=1S/C18H19NO4/c1-11(2)13-4-6-14(7-5-13)18(23)19-15-9-12(10-17(21)22)3-8-16(15)20/h3-9,11,20H,10H2,1-2H3,(H,19,23)(H,21,22). The Kier molecular flexibility index (Phi) is 5.01. The lowest BCUT2D eigenvalue weighted by molar-refractivity contribution is -0.136. The van der Waals surface area contributed by atoms with Crippen molar-refractivity contribution in [2.24, 2.45) is 0 Å². The molecule has 0 aromatic heterocycles. The molecular formula is C18H19NO4. The van der Waals surface area contributed by atoms with Crippen LogP contribution in [0.15, 0.2) is 42.5 Å². The molecule has 0 aliphatic rings. The number of anilines is 1. The Balaban J connectivity index is 2.17. The fraction of sp³-hybridized carbons (Fsp3) is 0.222. The number of aliphatic carboxylic acids is 1. The third-order valence-electron chi connectivity index (χ3n) is 3.50. The molecule has 2 aromatic carbocycles. The zero-order valence-electron chi connectivity index (χ0n) is 13.0. The third kappa shape index (κ3) is 4.32. The van der Waals surface area contributed by atoms with Crippen molar-refractivity contribution in [3.05, 3.63) is 59.2 Å². The van der Waals surface area contributed by atoms with Crippen molar-refractivity contribution in [2.75, 3.05) is 5.32 Å². The second-order valence-corrected chi connectivity index (χ2v) is 5.65. The molecule has 0 spiro atoms. The molecule has 0 saturated carbocycles. The van der Waals surface area contributed by atoms with Crippen molar-refractivity contribution in [3.63, 3.8) is 0 Å². The highest BCUT2D eigenvalue weighted by Gasteiger charge is 2.11. The maximum Gasteiger partial charge on any atom is 0.307 e. The summed E-state index contributed by atoms with van der Waals surface area (Å²) in [7, 11) is 0. The summed E-state index contributed by atoms with van der Waals surface area (Å²) >= 11 is 0. The number of hydrogen-bond donors (Lipinski definition) is 3. The quantitative estimate of drug-likeness (QED) is 0.738. The summed E-state index contributed by atoms with van der Waals surface area (Å²) in [4.78, 5) is 23.0. The van der Waals surface area contributed by atoms with Gasteiger partial charge in [-0.1, -0.05) is 32.0 Å². The fourth-order valence-electron chi connectivity index (χ4n) is 2.18. The molecule has 0 atom stereocenters. The zero-order valence-corrected chi connectivity index (χ0v) is 13.0. The number of carbonyl (C=O) groups excluding carboxylic acids is 1. The normalized spacial score (nSPS) is 10.6. The van der Waals surface area contributed by atoms with Gasteiger partial charge in [-0.25, -0.2) is 0 Å². The Bertz CT molecular complexity index is 720. The van der Waals surface area contributed by atoms with Crippen molar-refractivity contribution in [1.29, 1.82) is 0 Å². The molecule has 2 rings (SSSR count). The van der Waals surface area contributed by atoms with Crippen LogP contribution in [0.2, 0.25) is 0 Å². The SMILES string of the molecule is CC(C)c1ccc(C(=O)Nc2cc(CC(=O)O)ccc2O)cc1. The lowest BCUT2D eigenvalue weighted by atomic mass is 10.0. The van der Waals surface area contributed by atoms with Crippen LogP contribution in [0.25, 0.3) is 0 Å². The average molecular weight is 313 g/mol. The summed E-state index contributed by atoms with van der Waals surface area (Å²) in [5.41, 5.74) is 2.30. The van der Waals surface area contributed by atoms with E-state index in [1.807, 2.05) is 12.1 Å². The number of carbonyl (C=O) groups is 2. The van der Waals surface area contributed by atoms with Gasteiger partial charge in [0, 0.05) is 5.56 Å². The molecule has 0 heterocycles. The number of phenolic OH excluding ortho intramolecular Hbond substituents is 1. The smallest absolute Gasteiger partial charge is 0.307 e. The van der Waals surface area contributed by atoms with E-state index in [4.69, 9.17) is 5.11 Å². The molecular weight excluding hydrogens is 294 g/mol. The summed E-state index contributed by atoms with van der Waals surface area (Å²) in [5, 5.41) is 21.2. The molecule has 0 bridgehead atoms. The van der Waals surface area contributed by atoms with Gasteiger partial charge in [-0.05, 0) is 41.3 Å². The number of phenols is 1. The van der Waals surface area contributed by atoms with E-state index >= 15 is 0 Å². The molecule has 2 aromatic rings. The molecule has 0 unspecified atom stereocenters. The zero-order chi connectivity index (χ0) is 17.0. The average Bonchev–Trinajstić information content (AvgIpc) is 2.50. The number of aromatic hydroxyl groups is 1. The summed E-state index contributed by atoms with van der Waals surface area (Å²) in [6.45, 7) is 4.14. The van der Waals surface area contributed by atoms with Gasteiger partial charge in [-0.15, -0.1) is 0 Å². The van der Waals surface area contributed by atoms with Gasteiger partial charge < -0.3 is 15.5 Å². The van der Waals surface area contributed by atoms with E-state index in [1.54, 1.807) is 12.1 Å². The monoisotopic (exact) mass is 313 g/mol. The fourth-order valence-corrected chi connectivity index (χ4v) is 2.18. The minimum Gasteiger partial charge on any atom is -0.506 e. The van der Waals surface area contributed by atoms with E-state index in [-0.39, 0.29) is 23.8 Å². The van der Waals surface area contributed by atoms with Crippen molar-refractivity contribution in [2.45, 2.75) is 26.2 Å². The minimum absolute atomic E-state index is 0.105. The maximum absolute atomic E-state index is 12.2. The number of hydrogen-bond acceptors (Lipinski definition) is 3. The van der Waals surface area contributed by atoms with Gasteiger partial charge in [-0.2, -0.15) is 0 Å². The van der Waals surface area contributed by atoms with Crippen LogP contribution in [-0.4, -0.2) is 22.1 Å². The van der Waals surface area contributed by atoms with Gasteiger partial charge in [0.15, 0.2) is 0 Å². The molecule has 0 radical (unpaired) electrons. The summed E-state index contributed by atoms with van der Waals surface area (Å²) in [5.74, 6) is -1.06. The maximum atomic E-state index is 12.2. The van der Waals surface area contributed by atoms with E-state index in [9.17, 15) is 14.7 Å². The van der Waals surface area contributed by atoms with Gasteiger partial charge in [0.1, 0.15) is 5.75 Å². The van der Waals surface area contributed by atoms with Crippen LogP contribution in [0, 0.1) is 0 Å². The number of carboxylic acids is 1. The van der Waals surface area contributed by atoms with E-state index in [0.717, 1.165) is 5.56 Å². The topological polar surface area (TPSA) is 86.6 Å².